The molecule has 4 rings (SSSR count). The van der Waals surface area contributed by atoms with Crippen molar-refractivity contribution in [2.24, 2.45) is 0 Å². The number of nitro benzene ring substituents is 1. The van der Waals surface area contributed by atoms with E-state index in [4.69, 9.17) is 4.52 Å². The number of nitrogens with zero attached hydrogens (tertiary/aromatic N) is 4. The minimum atomic E-state index is -3.46. The van der Waals surface area contributed by atoms with Crippen LogP contribution in [0.5, 0.6) is 0 Å². The molecule has 3 heterocycles. The van der Waals surface area contributed by atoms with Crippen LogP contribution >= 0.6 is 11.3 Å². The average Bonchev–Trinajstić information content (AvgIpc) is 3.42. The second kappa shape index (κ2) is 8.60. The Kier molecular flexibility index (Phi) is 5.90. The molecule has 1 fully saturated rings. The third-order valence-corrected chi connectivity index (χ3v) is 7.75. The van der Waals surface area contributed by atoms with Gasteiger partial charge in [-0.2, -0.15) is 4.98 Å². The molecule has 10 nitrogen and oxygen atoms in total. The van der Waals surface area contributed by atoms with Crippen LogP contribution in [0.1, 0.15) is 18.7 Å². The van der Waals surface area contributed by atoms with Crippen LogP contribution in [0.2, 0.25) is 0 Å². The number of aromatic nitrogens is 2. The van der Waals surface area contributed by atoms with Crippen LogP contribution in [-0.2, 0) is 16.6 Å². The Bertz CT molecular complexity index is 1100. The summed E-state index contributed by atoms with van der Waals surface area (Å²) in [6.45, 7) is 1.87. The van der Waals surface area contributed by atoms with Crippen molar-refractivity contribution in [2.45, 2.75) is 29.6 Å². The van der Waals surface area contributed by atoms with Gasteiger partial charge in [-0.1, -0.05) is 11.2 Å². The Labute approximate surface area is 176 Å². The molecule has 0 unspecified atom stereocenters. The molecule has 30 heavy (non-hydrogen) atoms. The lowest BCUT2D eigenvalue weighted by molar-refractivity contribution is -0.384. The predicted octanol–water partition coefficient (Wildman–Crippen LogP) is 2.65. The van der Waals surface area contributed by atoms with Gasteiger partial charge in [-0.3, -0.25) is 15.0 Å². The van der Waals surface area contributed by atoms with Crippen LogP contribution in [-0.4, -0.2) is 47.5 Å². The molecular weight excluding hydrogens is 430 g/mol. The largest absolute Gasteiger partial charge is 0.338 e. The molecule has 1 aromatic carbocycles. The number of nitrogens with one attached hydrogen (secondary N) is 1. The van der Waals surface area contributed by atoms with Gasteiger partial charge in [0.1, 0.15) is 4.21 Å². The van der Waals surface area contributed by atoms with Crippen LogP contribution in [0.3, 0.4) is 0 Å². The van der Waals surface area contributed by atoms with Gasteiger partial charge < -0.3 is 4.52 Å². The Morgan fingerprint density at radius 1 is 1.23 bits per heavy atom. The molecule has 1 aliphatic rings. The highest BCUT2D eigenvalue weighted by Crippen LogP contribution is 2.22. The summed E-state index contributed by atoms with van der Waals surface area (Å²) < 4.78 is 33.1. The van der Waals surface area contributed by atoms with Crippen molar-refractivity contribution >= 4 is 27.0 Å². The maximum Gasteiger partial charge on any atom is 0.269 e. The molecule has 3 aromatic rings. The molecule has 0 atom stereocenters. The summed E-state index contributed by atoms with van der Waals surface area (Å²) in [5.41, 5.74) is 0.636. The fourth-order valence-corrected chi connectivity index (χ4v) is 5.58. The molecule has 0 radical (unpaired) electrons. The number of benzene rings is 1. The van der Waals surface area contributed by atoms with E-state index in [1.54, 1.807) is 29.6 Å². The van der Waals surface area contributed by atoms with E-state index in [9.17, 15) is 18.5 Å². The third-order valence-electron chi connectivity index (χ3n) is 4.83. The van der Waals surface area contributed by atoms with E-state index in [0.717, 1.165) is 0 Å². The zero-order chi connectivity index (χ0) is 21.1. The van der Waals surface area contributed by atoms with Crippen LogP contribution in [0.25, 0.3) is 11.4 Å². The van der Waals surface area contributed by atoms with E-state index in [2.05, 4.69) is 19.8 Å². The van der Waals surface area contributed by atoms with Crippen molar-refractivity contribution in [3.63, 3.8) is 0 Å². The zero-order valence-corrected chi connectivity index (χ0v) is 17.4. The van der Waals surface area contributed by atoms with E-state index in [-0.39, 0.29) is 11.7 Å². The van der Waals surface area contributed by atoms with Crippen molar-refractivity contribution in [3.8, 4) is 11.4 Å². The molecule has 1 aliphatic heterocycles. The normalized spacial score (nSPS) is 16.0. The lowest BCUT2D eigenvalue weighted by Crippen LogP contribution is -2.44. The molecular formula is C18H19N5O5S2. The van der Waals surface area contributed by atoms with Gasteiger partial charge >= 0.3 is 0 Å². The summed E-state index contributed by atoms with van der Waals surface area (Å²) >= 11 is 1.20. The van der Waals surface area contributed by atoms with E-state index in [1.165, 1.54) is 23.5 Å². The summed E-state index contributed by atoms with van der Waals surface area (Å²) in [4.78, 5) is 16.8. The van der Waals surface area contributed by atoms with Gasteiger partial charge in [0.2, 0.25) is 21.7 Å². The highest BCUT2D eigenvalue weighted by atomic mass is 32.2. The number of thiophene rings is 1. The first-order chi connectivity index (χ1) is 14.4. The van der Waals surface area contributed by atoms with Gasteiger partial charge in [-0.25, -0.2) is 13.1 Å². The average molecular weight is 450 g/mol. The fraction of sp³-hybridized carbons (Fsp3) is 0.333. The summed E-state index contributed by atoms with van der Waals surface area (Å²) in [6, 6.07) is 9.17. The molecule has 2 aromatic heterocycles. The summed E-state index contributed by atoms with van der Waals surface area (Å²) in [5.74, 6) is 0.819. The second-order valence-corrected chi connectivity index (χ2v) is 9.81. The minimum absolute atomic E-state index is 0.0000385. The number of likely N-dealkylation sites (tertiary alicyclic amines) is 1. The molecule has 12 heteroatoms. The monoisotopic (exact) mass is 449 g/mol. The van der Waals surface area contributed by atoms with Crippen LogP contribution < -0.4 is 4.72 Å². The molecule has 0 saturated carbocycles. The fourth-order valence-electron chi connectivity index (χ4n) is 3.26. The van der Waals surface area contributed by atoms with Crippen molar-refractivity contribution in [3.05, 3.63) is 57.8 Å². The summed E-state index contributed by atoms with van der Waals surface area (Å²) in [5, 5.41) is 16.4. The van der Waals surface area contributed by atoms with Gasteiger partial charge in [-0.05, 0) is 36.4 Å². The van der Waals surface area contributed by atoms with Crippen LogP contribution in [0, 0.1) is 10.1 Å². The van der Waals surface area contributed by atoms with Gasteiger partial charge in [0, 0.05) is 36.8 Å². The molecule has 0 spiro atoms. The SMILES string of the molecule is O=[N+]([O-])c1ccc(-c2noc(CN3CCC(NS(=O)(=O)c4cccs4)CC3)n2)cc1. The van der Waals surface area contributed by atoms with Crippen molar-refractivity contribution in [1.29, 1.82) is 0 Å². The first-order valence-electron chi connectivity index (χ1n) is 9.26. The minimum Gasteiger partial charge on any atom is -0.338 e. The van der Waals surface area contributed by atoms with E-state index >= 15 is 0 Å². The maximum atomic E-state index is 12.3. The van der Waals surface area contributed by atoms with Crippen molar-refractivity contribution < 1.29 is 17.9 Å². The van der Waals surface area contributed by atoms with Crippen LogP contribution in [0.4, 0.5) is 5.69 Å². The van der Waals surface area contributed by atoms with Crippen LogP contribution in [0.15, 0.2) is 50.5 Å². The molecule has 0 amide bonds. The van der Waals surface area contributed by atoms with Gasteiger partial charge in [0.15, 0.2) is 0 Å². The lowest BCUT2D eigenvalue weighted by Gasteiger charge is -2.31. The number of non-ortho nitro benzene ring substituents is 1. The molecule has 0 aliphatic carbocycles. The third kappa shape index (κ3) is 4.73. The number of hydrogen-bond donors (Lipinski definition) is 1. The topological polar surface area (TPSA) is 131 Å². The Morgan fingerprint density at radius 3 is 2.60 bits per heavy atom. The zero-order valence-electron chi connectivity index (χ0n) is 15.8. The van der Waals surface area contributed by atoms with E-state index < -0.39 is 14.9 Å². The van der Waals surface area contributed by atoms with Gasteiger partial charge in [0.05, 0.1) is 11.5 Å². The van der Waals surface area contributed by atoms with E-state index in [0.29, 0.717) is 54.0 Å². The Hall–Kier alpha value is -2.67. The van der Waals surface area contributed by atoms with Crippen molar-refractivity contribution in [1.82, 2.24) is 19.8 Å². The summed E-state index contributed by atoms with van der Waals surface area (Å²) in [7, 11) is -3.46. The molecule has 158 valence electrons. The molecule has 1 N–H and O–H groups in total. The number of nitro groups is 1. The maximum absolute atomic E-state index is 12.3. The second-order valence-electron chi connectivity index (χ2n) is 6.92. The highest BCUT2D eigenvalue weighted by Gasteiger charge is 2.26. The smallest absolute Gasteiger partial charge is 0.269 e. The van der Waals surface area contributed by atoms with Crippen molar-refractivity contribution in [2.75, 3.05) is 13.1 Å². The Balaban J connectivity index is 1.31. The lowest BCUT2D eigenvalue weighted by atomic mass is 10.1. The quantitative estimate of drug-likeness (QED) is 0.430. The number of piperidine rings is 1. The van der Waals surface area contributed by atoms with Gasteiger partial charge in [0.25, 0.3) is 5.69 Å². The summed E-state index contributed by atoms with van der Waals surface area (Å²) in [6.07, 6.45) is 1.38. The van der Waals surface area contributed by atoms with Gasteiger partial charge in [-0.15, -0.1) is 11.3 Å². The number of hydrogen-bond acceptors (Lipinski definition) is 9. The molecule has 0 bridgehead atoms. The first-order valence-corrected chi connectivity index (χ1v) is 11.6. The molecule has 1 saturated heterocycles. The Morgan fingerprint density at radius 2 is 1.97 bits per heavy atom. The first kappa shape index (κ1) is 20.6. The number of rotatable bonds is 7. The highest BCUT2D eigenvalue weighted by molar-refractivity contribution is 7.91. The van der Waals surface area contributed by atoms with E-state index in [1.807, 2.05) is 0 Å². The number of sulfonamides is 1. The standard InChI is InChI=1S/C18H19N5O5S2/c24-23(25)15-5-3-13(4-6-15)18-19-16(28-20-18)12-22-9-7-14(8-10-22)21-30(26,27)17-2-1-11-29-17/h1-6,11,14,21H,7-10,12H2. The predicted molar refractivity (Wildman–Crippen MR) is 109 cm³/mol.